The predicted octanol–water partition coefficient (Wildman–Crippen LogP) is 3.17. The number of aromatic nitrogens is 1. The summed E-state index contributed by atoms with van der Waals surface area (Å²) in [7, 11) is 2.78. The number of aromatic amines is 1. The van der Waals surface area contributed by atoms with Crippen LogP contribution in [0.4, 0.5) is 4.79 Å². The topological polar surface area (TPSA) is 85.8 Å². The van der Waals surface area contributed by atoms with Gasteiger partial charge in [0.05, 0.1) is 5.71 Å². The van der Waals surface area contributed by atoms with E-state index in [-0.39, 0.29) is 0 Å². The molecule has 4 rings (SSSR count). The number of para-hydroxylation sites is 1. The number of imide groups is 2. The molecule has 1 aliphatic heterocycles. The number of benzene rings is 2. The zero-order valence-electron chi connectivity index (χ0n) is 17.8. The molecule has 1 N–H and O–H groups in total. The number of fused-ring (bicyclic) bond motifs is 1. The molecule has 2 aromatic carbocycles. The SMILES string of the molecule is Cc1ccc(C(=NCCc2c[nH]c3ccccc23)C2C(=O)N(C)C(=O)N(C)C2=O)cc1. The Morgan fingerprint density at radius 2 is 1.61 bits per heavy atom. The largest absolute Gasteiger partial charge is 0.361 e. The Balaban J connectivity index is 1.69. The first-order valence-corrected chi connectivity index (χ1v) is 10.1. The van der Waals surface area contributed by atoms with Gasteiger partial charge in [-0.1, -0.05) is 48.0 Å². The van der Waals surface area contributed by atoms with Gasteiger partial charge in [-0.15, -0.1) is 0 Å². The van der Waals surface area contributed by atoms with Crippen LogP contribution in [0.1, 0.15) is 16.7 Å². The van der Waals surface area contributed by atoms with E-state index in [9.17, 15) is 14.4 Å². The molecule has 0 aliphatic carbocycles. The highest BCUT2D eigenvalue weighted by Crippen LogP contribution is 2.22. The lowest BCUT2D eigenvalue weighted by Gasteiger charge is -2.33. The third-order valence-corrected chi connectivity index (χ3v) is 5.69. The van der Waals surface area contributed by atoms with Gasteiger partial charge in [0.15, 0.2) is 5.92 Å². The second kappa shape index (κ2) is 8.18. The maximum absolute atomic E-state index is 12.9. The van der Waals surface area contributed by atoms with Gasteiger partial charge in [0, 0.05) is 37.7 Å². The van der Waals surface area contributed by atoms with Crippen molar-refractivity contribution in [1.82, 2.24) is 14.8 Å². The molecule has 0 saturated carbocycles. The summed E-state index contributed by atoms with van der Waals surface area (Å²) >= 11 is 0. The number of barbiturate groups is 1. The van der Waals surface area contributed by atoms with Crippen molar-refractivity contribution in [2.45, 2.75) is 13.3 Å². The molecule has 0 radical (unpaired) electrons. The van der Waals surface area contributed by atoms with E-state index in [0.29, 0.717) is 24.2 Å². The first kappa shape index (κ1) is 20.5. The summed E-state index contributed by atoms with van der Waals surface area (Å²) in [5.41, 5.74) is 4.33. The minimum atomic E-state index is -1.14. The normalized spacial score (nSPS) is 16.0. The average Bonchev–Trinajstić information content (AvgIpc) is 3.19. The Kier molecular flexibility index (Phi) is 5.42. The molecule has 0 atom stereocenters. The zero-order valence-corrected chi connectivity index (χ0v) is 17.8. The van der Waals surface area contributed by atoms with Gasteiger partial charge in [0.1, 0.15) is 0 Å². The van der Waals surface area contributed by atoms with E-state index < -0.39 is 23.8 Å². The highest BCUT2D eigenvalue weighted by molar-refractivity contribution is 6.30. The van der Waals surface area contributed by atoms with Gasteiger partial charge in [-0.25, -0.2) is 4.79 Å². The zero-order chi connectivity index (χ0) is 22.1. The summed E-state index contributed by atoms with van der Waals surface area (Å²) in [6.07, 6.45) is 2.61. The number of rotatable bonds is 5. The summed E-state index contributed by atoms with van der Waals surface area (Å²) in [6.45, 7) is 2.37. The molecule has 1 aliphatic rings. The molecule has 0 bridgehead atoms. The fourth-order valence-corrected chi connectivity index (χ4v) is 3.85. The number of urea groups is 1. The highest BCUT2D eigenvalue weighted by Gasteiger charge is 2.45. The van der Waals surface area contributed by atoms with Gasteiger partial charge in [-0.05, 0) is 30.5 Å². The highest BCUT2D eigenvalue weighted by atomic mass is 16.2. The van der Waals surface area contributed by atoms with E-state index in [4.69, 9.17) is 4.99 Å². The van der Waals surface area contributed by atoms with Gasteiger partial charge in [0.2, 0.25) is 11.8 Å². The summed E-state index contributed by atoms with van der Waals surface area (Å²) < 4.78 is 0. The van der Waals surface area contributed by atoms with Crippen molar-refractivity contribution in [2.75, 3.05) is 20.6 Å². The summed E-state index contributed by atoms with van der Waals surface area (Å²) in [5.74, 6) is -2.25. The molecule has 1 saturated heterocycles. The maximum Gasteiger partial charge on any atom is 0.332 e. The smallest absolute Gasteiger partial charge is 0.332 e. The van der Waals surface area contributed by atoms with Crippen LogP contribution in [0.5, 0.6) is 0 Å². The number of aliphatic imine (C=N–C) groups is 1. The van der Waals surface area contributed by atoms with E-state index in [1.165, 1.54) is 14.1 Å². The van der Waals surface area contributed by atoms with Crippen LogP contribution in [-0.4, -0.2) is 59.0 Å². The molecule has 1 aromatic heterocycles. The lowest BCUT2D eigenvalue weighted by Crippen LogP contribution is -2.59. The fourth-order valence-electron chi connectivity index (χ4n) is 3.85. The lowest BCUT2D eigenvalue weighted by atomic mass is 9.92. The predicted molar refractivity (Wildman–Crippen MR) is 119 cm³/mol. The van der Waals surface area contributed by atoms with Crippen LogP contribution in [0.2, 0.25) is 0 Å². The van der Waals surface area contributed by atoms with Crippen LogP contribution in [0.3, 0.4) is 0 Å². The number of nitrogens with zero attached hydrogens (tertiary/aromatic N) is 3. The van der Waals surface area contributed by atoms with Crippen molar-refractivity contribution in [3.63, 3.8) is 0 Å². The molecule has 3 aromatic rings. The number of aryl methyl sites for hydroxylation is 1. The third kappa shape index (κ3) is 3.74. The quantitative estimate of drug-likeness (QED) is 0.512. The second-order valence-corrected chi connectivity index (χ2v) is 7.75. The number of amides is 4. The molecule has 158 valence electrons. The van der Waals surface area contributed by atoms with Crippen molar-refractivity contribution < 1.29 is 14.4 Å². The average molecular weight is 416 g/mol. The van der Waals surface area contributed by atoms with Gasteiger partial charge in [0.25, 0.3) is 0 Å². The molecule has 1 fully saturated rings. The van der Waals surface area contributed by atoms with Crippen LogP contribution in [-0.2, 0) is 16.0 Å². The summed E-state index contributed by atoms with van der Waals surface area (Å²) in [6, 6.07) is 15.0. The van der Waals surface area contributed by atoms with E-state index in [1.807, 2.05) is 55.6 Å². The minimum absolute atomic E-state index is 0.390. The molecule has 31 heavy (non-hydrogen) atoms. The Labute approximate surface area is 180 Å². The van der Waals surface area contributed by atoms with Gasteiger partial charge < -0.3 is 4.98 Å². The van der Waals surface area contributed by atoms with E-state index in [1.54, 1.807) is 0 Å². The molecule has 7 nitrogen and oxygen atoms in total. The monoisotopic (exact) mass is 416 g/mol. The number of H-pyrrole nitrogens is 1. The standard InChI is InChI=1S/C24H24N4O3/c1-15-8-10-16(11-9-15)21(20-22(29)27(2)24(31)28(3)23(20)30)25-13-12-17-14-26-19-7-5-4-6-18(17)19/h4-11,14,20,26H,12-13H2,1-3H3. The summed E-state index contributed by atoms with van der Waals surface area (Å²) in [4.78, 5) is 47.9. The first-order valence-electron chi connectivity index (χ1n) is 10.1. The van der Waals surface area contributed by atoms with Gasteiger partial charge in [-0.2, -0.15) is 0 Å². The summed E-state index contributed by atoms with van der Waals surface area (Å²) in [5, 5.41) is 1.13. The molecule has 0 unspecified atom stereocenters. The van der Waals surface area contributed by atoms with E-state index >= 15 is 0 Å². The van der Waals surface area contributed by atoms with Crippen molar-refractivity contribution in [3.8, 4) is 0 Å². The number of nitrogens with one attached hydrogen (secondary N) is 1. The second-order valence-electron chi connectivity index (χ2n) is 7.75. The van der Waals surface area contributed by atoms with Crippen LogP contribution in [0.25, 0.3) is 10.9 Å². The molecule has 2 heterocycles. The molecule has 7 heteroatoms. The van der Waals surface area contributed by atoms with Crippen molar-refractivity contribution in [2.24, 2.45) is 10.9 Å². The van der Waals surface area contributed by atoms with Crippen LogP contribution >= 0.6 is 0 Å². The van der Waals surface area contributed by atoms with Crippen molar-refractivity contribution in [1.29, 1.82) is 0 Å². The molecular weight excluding hydrogens is 392 g/mol. The molecule has 0 spiro atoms. The Morgan fingerprint density at radius 3 is 2.29 bits per heavy atom. The number of hydrogen-bond acceptors (Lipinski definition) is 4. The third-order valence-electron chi connectivity index (χ3n) is 5.69. The molecular formula is C24H24N4O3. The maximum atomic E-state index is 12.9. The van der Waals surface area contributed by atoms with Gasteiger partial charge in [-0.3, -0.25) is 24.4 Å². The Bertz CT molecular complexity index is 1170. The van der Waals surface area contributed by atoms with E-state index in [0.717, 1.165) is 31.8 Å². The number of carbonyl (C=O) groups excluding carboxylic acids is 3. The lowest BCUT2D eigenvalue weighted by molar-refractivity contribution is -0.144. The van der Waals surface area contributed by atoms with Crippen LogP contribution < -0.4 is 0 Å². The van der Waals surface area contributed by atoms with Crippen molar-refractivity contribution >= 4 is 34.5 Å². The molecule has 4 amide bonds. The first-order chi connectivity index (χ1) is 14.9. The van der Waals surface area contributed by atoms with Crippen molar-refractivity contribution in [3.05, 3.63) is 71.4 Å². The minimum Gasteiger partial charge on any atom is -0.361 e. The Hall–Kier alpha value is -3.74. The van der Waals surface area contributed by atoms with Crippen LogP contribution in [0.15, 0.2) is 59.7 Å². The van der Waals surface area contributed by atoms with E-state index in [2.05, 4.69) is 11.1 Å². The van der Waals surface area contributed by atoms with Gasteiger partial charge >= 0.3 is 6.03 Å². The van der Waals surface area contributed by atoms with Crippen LogP contribution in [0, 0.1) is 12.8 Å². The number of carbonyl (C=O) groups is 3. The number of hydrogen-bond donors (Lipinski definition) is 1. The fraction of sp³-hybridized carbons (Fsp3) is 0.250. The Morgan fingerprint density at radius 1 is 0.968 bits per heavy atom.